The Morgan fingerprint density at radius 2 is 1.89 bits per heavy atom. The third kappa shape index (κ3) is 6.07. The average Bonchev–Trinajstić information content (AvgIpc) is 3.27. The number of benzene rings is 3. The van der Waals surface area contributed by atoms with Crippen molar-refractivity contribution in [1.29, 1.82) is 5.26 Å². The van der Waals surface area contributed by atoms with Gasteiger partial charge in [0.15, 0.2) is 16.7 Å². The Bertz CT molecular complexity index is 1500. The van der Waals surface area contributed by atoms with E-state index in [1.54, 1.807) is 30.3 Å². The summed E-state index contributed by atoms with van der Waals surface area (Å²) in [4.78, 5) is 11.3. The molecule has 1 heterocycles. The zero-order valence-electron chi connectivity index (χ0n) is 20.9. The Kier molecular flexibility index (Phi) is 8.51. The summed E-state index contributed by atoms with van der Waals surface area (Å²) in [5, 5.41) is 29.6. The van der Waals surface area contributed by atoms with Crippen LogP contribution in [0.3, 0.4) is 0 Å². The molecule has 0 aliphatic heterocycles. The predicted molar refractivity (Wildman–Crippen MR) is 145 cm³/mol. The maximum absolute atomic E-state index is 11.6. The van der Waals surface area contributed by atoms with Gasteiger partial charge in [-0.3, -0.25) is 14.7 Å². The highest BCUT2D eigenvalue weighted by Crippen LogP contribution is 2.43. The van der Waals surface area contributed by atoms with Crippen molar-refractivity contribution in [2.45, 2.75) is 30.9 Å². The van der Waals surface area contributed by atoms with Crippen molar-refractivity contribution in [3.63, 3.8) is 0 Å². The van der Waals surface area contributed by atoms with Crippen LogP contribution in [0.5, 0.6) is 11.5 Å². The molecule has 11 heteroatoms. The van der Waals surface area contributed by atoms with E-state index in [0.29, 0.717) is 33.4 Å². The van der Waals surface area contributed by atoms with Crippen LogP contribution in [0, 0.1) is 35.3 Å². The first kappa shape index (κ1) is 27.0. The van der Waals surface area contributed by atoms with Gasteiger partial charge in [-0.1, -0.05) is 59.3 Å². The smallest absolute Gasteiger partial charge is 0.220 e. The number of methoxy groups -OCH3 is 1. The standard InChI is InChI=1S/C27H24ClN5O4S/c1-17-8-10-22(11-9-17)33-18(2)30-31-27(33)38-25(15-32(34)35)21-12-23(28)26(24(13-21)36-3)37-16-20-7-5-4-6-19(20)14-29/h4-13,25H,15-16H2,1-3H3/t25-/m1/s1. The van der Waals surface area contributed by atoms with E-state index < -0.39 is 5.25 Å². The minimum atomic E-state index is -0.641. The van der Waals surface area contributed by atoms with Crippen molar-refractivity contribution in [3.05, 3.63) is 104 Å². The van der Waals surface area contributed by atoms with E-state index in [1.165, 1.54) is 18.9 Å². The molecule has 194 valence electrons. The fraction of sp³-hybridized carbons (Fsp3) is 0.222. The first-order valence-corrected chi connectivity index (χ1v) is 12.8. The number of nitriles is 1. The summed E-state index contributed by atoms with van der Waals surface area (Å²) in [5.41, 5.74) is 3.74. The maximum atomic E-state index is 11.6. The molecular formula is C27H24ClN5O4S. The van der Waals surface area contributed by atoms with Crippen LogP contribution in [-0.4, -0.2) is 33.3 Å². The van der Waals surface area contributed by atoms with E-state index in [0.717, 1.165) is 11.3 Å². The van der Waals surface area contributed by atoms with E-state index in [9.17, 15) is 15.4 Å². The van der Waals surface area contributed by atoms with Crippen LogP contribution in [0.2, 0.25) is 5.02 Å². The van der Waals surface area contributed by atoms with E-state index in [-0.39, 0.29) is 28.8 Å². The number of thioether (sulfide) groups is 1. The van der Waals surface area contributed by atoms with Gasteiger partial charge >= 0.3 is 0 Å². The molecule has 9 nitrogen and oxygen atoms in total. The third-order valence-electron chi connectivity index (χ3n) is 5.78. The lowest BCUT2D eigenvalue weighted by molar-refractivity contribution is -0.479. The summed E-state index contributed by atoms with van der Waals surface area (Å²) in [6.45, 7) is 3.55. The predicted octanol–water partition coefficient (Wildman–Crippen LogP) is 6.11. The van der Waals surface area contributed by atoms with Gasteiger partial charge < -0.3 is 9.47 Å². The summed E-state index contributed by atoms with van der Waals surface area (Å²) in [6, 6.07) is 20.4. The molecule has 0 bridgehead atoms. The Morgan fingerprint density at radius 1 is 1.16 bits per heavy atom. The molecule has 38 heavy (non-hydrogen) atoms. The monoisotopic (exact) mass is 549 g/mol. The third-order valence-corrected chi connectivity index (χ3v) is 7.24. The Balaban J connectivity index is 1.66. The Hall–Kier alpha value is -4.07. The molecule has 0 unspecified atom stereocenters. The lowest BCUT2D eigenvalue weighted by Crippen LogP contribution is -2.12. The molecule has 0 N–H and O–H groups in total. The fourth-order valence-corrected chi connectivity index (χ4v) is 5.28. The van der Waals surface area contributed by atoms with Gasteiger partial charge in [-0.15, -0.1) is 10.2 Å². The summed E-state index contributed by atoms with van der Waals surface area (Å²) in [6.07, 6.45) is 0. The molecule has 4 aromatic rings. The van der Waals surface area contributed by atoms with Gasteiger partial charge in [-0.2, -0.15) is 5.26 Å². The van der Waals surface area contributed by atoms with Crippen LogP contribution in [-0.2, 0) is 6.61 Å². The number of nitrogens with zero attached hydrogens (tertiary/aromatic N) is 5. The topological polar surface area (TPSA) is 116 Å². The number of aromatic nitrogens is 3. The van der Waals surface area contributed by atoms with Crippen molar-refractivity contribution in [1.82, 2.24) is 14.8 Å². The Labute approximate surface area is 229 Å². The molecule has 0 spiro atoms. The molecule has 1 atom stereocenters. The van der Waals surface area contributed by atoms with Gasteiger partial charge in [0.05, 0.1) is 23.8 Å². The zero-order chi connectivity index (χ0) is 27.2. The zero-order valence-corrected chi connectivity index (χ0v) is 22.5. The lowest BCUT2D eigenvalue weighted by Gasteiger charge is -2.18. The summed E-state index contributed by atoms with van der Waals surface area (Å²) in [5.74, 6) is 1.27. The highest BCUT2D eigenvalue weighted by molar-refractivity contribution is 7.99. The molecule has 0 radical (unpaired) electrons. The van der Waals surface area contributed by atoms with Crippen LogP contribution < -0.4 is 9.47 Å². The van der Waals surface area contributed by atoms with Gasteiger partial charge in [0, 0.05) is 16.2 Å². The number of hydrogen-bond acceptors (Lipinski definition) is 8. The van der Waals surface area contributed by atoms with Crippen molar-refractivity contribution in [3.8, 4) is 23.3 Å². The number of ether oxygens (including phenoxy) is 2. The summed E-state index contributed by atoms with van der Waals surface area (Å²) in [7, 11) is 1.47. The van der Waals surface area contributed by atoms with E-state index in [4.69, 9.17) is 21.1 Å². The molecule has 0 aliphatic rings. The van der Waals surface area contributed by atoms with Crippen molar-refractivity contribution in [2.75, 3.05) is 13.7 Å². The second kappa shape index (κ2) is 12.0. The molecule has 0 saturated carbocycles. The van der Waals surface area contributed by atoms with Gasteiger partial charge in [0.2, 0.25) is 6.54 Å². The minimum absolute atomic E-state index is 0.102. The van der Waals surface area contributed by atoms with Crippen LogP contribution in [0.4, 0.5) is 0 Å². The minimum Gasteiger partial charge on any atom is -0.493 e. The normalized spacial score (nSPS) is 11.6. The van der Waals surface area contributed by atoms with Crippen molar-refractivity contribution >= 4 is 23.4 Å². The summed E-state index contributed by atoms with van der Waals surface area (Å²) >= 11 is 7.82. The largest absolute Gasteiger partial charge is 0.493 e. The van der Waals surface area contributed by atoms with Gasteiger partial charge in [-0.25, -0.2) is 0 Å². The quantitative estimate of drug-likeness (QED) is 0.132. The first-order valence-electron chi connectivity index (χ1n) is 11.6. The highest BCUT2D eigenvalue weighted by atomic mass is 35.5. The van der Waals surface area contributed by atoms with Crippen LogP contribution in [0.1, 0.15) is 33.3 Å². The number of aryl methyl sites for hydroxylation is 2. The van der Waals surface area contributed by atoms with Crippen molar-refractivity contribution in [2.24, 2.45) is 0 Å². The van der Waals surface area contributed by atoms with Crippen LogP contribution in [0.25, 0.3) is 5.69 Å². The molecule has 0 fully saturated rings. The summed E-state index contributed by atoms with van der Waals surface area (Å²) < 4.78 is 13.3. The second-order valence-electron chi connectivity index (χ2n) is 8.41. The van der Waals surface area contributed by atoms with Gasteiger partial charge in [-0.05, 0) is 49.7 Å². The SMILES string of the molecule is COc1cc([C@@H](C[N+](=O)[O-])Sc2nnc(C)n2-c2ccc(C)cc2)cc(Cl)c1OCc1ccccc1C#N. The fourth-order valence-electron chi connectivity index (χ4n) is 3.85. The maximum Gasteiger partial charge on any atom is 0.220 e. The van der Waals surface area contributed by atoms with Crippen LogP contribution >= 0.6 is 23.4 Å². The molecule has 1 aromatic heterocycles. The number of hydrogen-bond donors (Lipinski definition) is 0. The number of rotatable bonds is 10. The first-order chi connectivity index (χ1) is 18.3. The second-order valence-corrected chi connectivity index (χ2v) is 9.99. The number of nitro groups is 1. The number of halogens is 1. The molecule has 4 rings (SSSR count). The van der Waals surface area contributed by atoms with Crippen molar-refractivity contribution < 1.29 is 14.4 Å². The van der Waals surface area contributed by atoms with E-state index in [1.807, 2.05) is 48.7 Å². The molecule has 0 aliphatic carbocycles. The highest BCUT2D eigenvalue weighted by Gasteiger charge is 2.26. The van der Waals surface area contributed by atoms with Crippen LogP contribution in [0.15, 0.2) is 65.8 Å². The van der Waals surface area contributed by atoms with E-state index >= 15 is 0 Å². The molecular weight excluding hydrogens is 526 g/mol. The van der Waals surface area contributed by atoms with E-state index in [2.05, 4.69) is 16.3 Å². The molecule has 3 aromatic carbocycles. The lowest BCUT2D eigenvalue weighted by atomic mass is 10.1. The molecule has 0 saturated heterocycles. The Morgan fingerprint density at radius 3 is 2.58 bits per heavy atom. The molecule has 0 amide bonds. The average molecular weight is 550 g/mol. The van der Waals surface area contributed by atoms with Gasteiger partial charge in [0.25, 0.3) is 0 Å². The van der Waals surface area contributed by atoms with Gasteiger partial charge in [0.1, 0.15) is 17.7 Å².